The number of pyridine rings is 1. The minimum atomic E-state index is -3.51. The summed E-state index contributed by atoms with van der Waals surface area (Å²) in [7, 11) is -3.51. The van der Waals surface area contributed by atoms with Gasteiger partial charge in [-0.1, -0.05) is 41.9 Å². The van der Waals surface area contributed by atoms with Gasteiger partial charge in [0.2, 0.25) is 0 Å². The first-order valence-corrected chi connectivity index (χ1v) is 11.3. The lowest BCUT2D eigenvalue weighted by Crippen LogP contribution is -2.29. The number of aromatic nitrogens is 3. The van der Waals surface area contributed by atoms with Crippen LogP contribution in [-0.2, 0) is 19.4 Å². The number of nitrogens with zero attached hydrogens (tertiary/aromatic N) is 2. The van der Waals surface area contributed by atoms with Crippen molar-refractivity contribution in [3.05, 3.63) is 53.7 Å². The van der Waals surface area contributed by atoms with Crippen molar-refractivity contribution >= 4 is 39.5 Å². The average molecular weight is 465 g/mol. The second-order valence-electron chi connectivity index (χ2n) is 6.63. The summed E-state index contributed by atoms with van der Waals surface area (Å²) in [5.41, 5.74) is 1.82. The molecule has 3 N–H and O–H groups in total. The van der Waals surface area contributed by atoms with Crippen molar-refractivity contribution in [1.29, 1.82) is 0 Å². The Kier molecular flexibility index (Phi) is 7.61. The highest BCUT2D eigenvalue weighted by atomic mass is 35.5. The summed E-state index contributed by atoms with van der Waals surface area (Å²) < 4.78 is 31.2. The maximum Gasteiger partial charge on any atom is 0.290 e. The molecule has 2 aromatic heterocycles. The van der Waals surface area contributed by atoms with Gasteiger partial charge in [-0.2, -0.15) is 5.10 Å². The molecule has 1 aliphatic rings. The van der Waals surface area contributed by atoms with Crippen LogP contribution in [0.3, 0.4) is 0 Å². The molecule has 3 aromatic rings. The number of nitrogens with one attached hydrogen (secondary N) is 2. The van der Waals surface area contributed by atoms with Crippen LogP contribution in [0.2, 0.25) is 5.15 Å². The Labute approximate surface area is 184 Å². The molecule has 0 amide bonds. The van der Waals surface area contributed by atoms with Crippen LogP contribution in [0.1, 0.15) is 12.8 Å². The lowest BCUT2D eigenvalue weighted by molar-refractivity contribution is -0.122. The minimum Gasteiger partial charge on any atom is -0.483 e. The van der Waals surface area contributed by atoms with Gasteiger partial charge in [0.15, 0.2) is 15.7 Å². The highest BCUT2D eigenvalue weighted by Crippen LogP contribution is 2.28. The van der Waals surface area contributed by atoms with E-state index in [0.29, 0.717) is 37.7 Å². The topological polar surface area (TPSA) is 134 Å². The van der Waals surface area contributed by atoms with Gasteiger partial charge < -0.3 is 15.2 Å². The number of carboxylic acid groups (broad SMARTS) is 1. The van der Waals surface area contributed by atoms with E-state index in [0.717, 1.165) is 11.3 Å². The molecule has 0 unspecified atom stereocenters. The van der Waals surface area contributed by atoms with Crippen LogP contribution in [0.4, 0.5) is 11.6 Å². The molecule has 4 rings (SSSR count). The van der Waals surface area contributed by atoms with Crippen molar-refractivity contribution < 1.29 is 23.1 Å². The maximum absolute atomic E-state index is 12.9. The fourth-order valence-electron chi connectivity index (χ4n) is 3.16. The number of hydrogen-bond donors (Lipinski definition) is 3. The van der Waals surface area contributed by atoms with Crippen molar-refractivity contribution in [3.63, 3.8) is 0 Å². The van der Waals surface area contributed by atoms with E-state index in [-0.39, 0.29) is 16.5 Å². The SMILES string of the molecule is O=CO.O=S(=O)(c1cc(Cl)nc(Nc2cc(-c3ccccc3)[nH]n2)c1)C1CCOCC1. The standard InChI is InChI=1S/C19H19ClN4O3S.CH2O2/c20-17-10-15(28(25,26)14-6-8-27-9-7-14)11-18(21-17)22-19-12-16(23-24-19)13-4-2-1-3-5-13;2-1-3/h1-5,10-12,14H,6-9H2,(H2,21,22,23,24);1H,(H,2,3). The number of rotatable bonds is 5. The smallest absolute Gasteiger partial charge is 0.290 e. The fourth-order valence-corrected chi connectivity index (χ4v) is 5.19. The number of anilines is 2. The predicted octanol–water partition coefficient (Wildman–Crippen LogP) is 3.52. The van der Waals surface area contributed by atoms with Gasteiger partial charge in [-0.3, -0.25) is 9.89 Å². The molecule has 3 heterocycles. The number of aromatic amines is 1. The van der Waals surface area contributed by atoms with Gasteiger partial charge in [0.1, 0.15) is 11.0 Å². The molecular weight excluding hydrogens is 444 g/mol. The Morgan fingerprint density at radius 1 is 1.13 bits per heavy atom. The van der Waals surface area contributed by atoms with Gasteiger partial charge in [0, 0.05) is 19.3 Å². The van der Waals surface area contributed by atoms with Crippen LogP contribution >= 0.6 is 11.6 Å². The van der Waals surface area contributed by atoms with Crippen molar-refractivity contribution in [2.45, 2.75) is 23.0 Å². The summed E-state index contributed by atoms with van der Waals surface area (Å²) in [6, 6.07) is 14.5. The van der Waals surface area contributed by atoms with Crippen LogP contribution in [-0.4, -0.2) is 53.6 Å². The highest BCUT2D eigenvalue weighted by molar-refractivity contribution is 7.92. The van der Waals surface area contributed by atoms with Gasteiger partial charge in [-0.25, -0.2) is 13.4 Å². The fraction of sp³-hybridized carbons (Fsp3) is 0.250. The predicted molar refractivity (Wildman–Crippen MR) is 116 cm³/mol. The zero-order valence-corrected chi connectivity index (χ0v) is 17.9. The van der Waals surface area contributed by atoms with Crippen LogP contribution in [0.15, 0.2) is 53.4 Å². The molecular formula is C20H21ClN4O5S. The Morgan fingerprint density at radius 3 is 2.48 bits per heavy atom. The van der Waals surface area contributed by atoms with E-state index in [4.69, 9.17) is 26.2 Å². The minimum absolute atomic E-state index is 0.106. The van der Waals surface area contributed by atoms with Crippen molar-refractivity contribution in [1.82, 2.24) is 15.2 Å². The molecule has 164 valence electrons. The Balaban J connectivity index is 0.000000858. The molecule has 31 heavy (non-hydrogen) atoms. The third-order valence-corrected chi connectivity index (χ3v) is 7.06. The zero-order chi connectivity index (χ0) is 22.3. The molecule has 1 aliphatic heterocycles. The van der Waals surface area contributed by atoms with Crippen LogP contribution in [0.25, 0.3) is 11.3 Å². The molecule has 11 heteroatoms. The highest BCUT2D eigenvalue weighted by Gasteiger charge is 2.30. The average Bonchev–Trinajstić information content (AvgIpc) is 3.23. The first kappa shape index (κ1) is 22.7. The van der Waals surface area contributed by atoms with Gasteiger partial charge in [0.05, 0.1) is 15.8 Å². The van der Waals surface area contributed by atoms with E-state index in [1.807, 2.05) is 36.4 Å². The van der Waals surface area contributed by atoms with E-state index < -0.39 is 15.1 Å². The number of benzene rings is 1. The van der Waals surface area contributed by atoms with Crippen molar-refractivity contribution in [2.75, 3.05) is 18.5 Å². The van der Waals surface area contributed by atoms with E-state index >= 15 is 0 Å². The normalized spacial score (nSPS) is 14.4. The summed E-state index contributed by atoms with van der Waals surface area (Å²) in [6.07, 6.45) is 0.954. The number of hydrogen-bond acceptors (Lipinski definition) is 7. The third-order valence-electron chi connectivity index (χ3n) is 4.62. The third kappa shape index (κ3) is 5.81. The molecule has 0 atom stereocenters. The van der Waals surface area contributed by atoms with Gasteiger partial charge >= 0.3 is 0 Å². The monoisotopic (exact) mass is 464 g/mol. The van der Waals surface area contributed by atoms with E-state index in [9.17, 15) is 8.42 Å². The van der Waals surface area contributed by atoms with E-state index in [2.05, 4.69) is 20.5 Å². The van der Waals surface area contributed by atoms with Gasteiger partial charge in [-0.15, -0.1) is 0 Å². The zero-order valence-electron chi connectivity index (χ0n) is 16.4. The van der Waals surface area contributed by atoms with Gasteiger partial charge in [-0.05, 0) is 30.5 Å². The van der Waals surface area contributed by atoms with Gasteiger partial charge in [0.25, 0.3) is 6.47 Å². The number of sulfone groups is 1. The summed E-state index contributed by atoms with van der Waals surface area (Å²) >= 11 is 6.09. The van der Waals surface area contributed by atoms with E-state index in [1.165, 1.54) is 12.1 Å². The molecule has 1 saturated heterocycles. The first-order valence-electron chi connectivity index (χ1n) is 9.39. The molecule has 0 bridgehead atoms. The molecule has 0 radical (unpaired) electrons. The number of ether oxygens (including phenoxy) is 1. The summed E-state index contributed by atoms with van der Waals surface area (Å²) in [5.74, 6) is 0.840. The Bertz CT molecular complexity index is 1120. The number of carbonyl (C=O) groups is 1. The Hall–Kier alpha value is -2.95. The first-order chi connectivity index (χ1) is 14.9. The lowest BCUT2D eigenvalue weighted by atomic mass is 10.2. The number of halogens is 1. The quantitative estimate of drug-likeness (QED) is 0.385. The lowest BCUT2D eigenvalue weighted by Gasteiger charge is -2.22. The molecule has 0 spiro atoms. The van der Waals surface area contributed by atoms with Crippen molar-refractivity contribution in [3.8, 4) is 11.3 Å². The van der Waals surface area contributed by atoms with Crippen LogP contribution < -0.4 is 5.32 Å². The molecule has 9 nitrogen and oxygen atoms in total. The maximum atomic E-state index is 12.9. The Morgan fingerprint density at radius 2 is 1.81 bits per heavy atom. The molecule has 1 aromatic carbocycles. The summed E-state index contributed by atoms with van der Waals surface area (Å²) in [4.78, 5) is 12.7. The largest absolute Gasteiger partial charge is 0.483 e. The molecule has 0 saturated carbocycles. The number of H-pyrrole nitrogens is 1. The van der Waals surface area contributed by atoms with E-state index in [1.54, 1.807) is 0 Å². The molecule has 1 fully saturated rings. The van der Waals surface area contributed by atoms with Crippen LogP contribution in [0.5, 0.6) is 0 Å². The summed E-state index contributed by atoms with van der Waals surface area (Å²) in [5, 5.41) is 16.7. The second-order valence-corrected chi connectivity index (χ2v) is 9.25. The molecule has 0 aliphatic carbocycles. The van der Waals surface area contributed by atoms with Crippen molar-refractivity contribution in [2.24, 2.45) is 0 Å². The van der Waals surface area contributed by atoms with Crippen LogP contribution in [0, 0.1) is 0 Å². The second kappa shape index (κ2) is 10.4. The summed E-state index contributed by atoms with van der Waals surface area (Å²) in [6.45, 7) is 0.646.